The fraction of sp³-hybridized carbons (Fsp3) is 0.182. The molecule has 0 saturated heterocycles. The van der Waals surface area contributed by atoms with Crippen LogP contribution in [0, 0.1) is 13.8 Å². The van der Waals surface area contributed by atoms with Crippen LogP contribution in [0.25, 0.3) is 0 Å². The number of aryl methyl sites for hydroxylation is 2. The van der Waals surface area contributed by atoms with Crippen LogP contribution in [0.3, 0.4) is 0 Å². The van der Waals surface area contributed by atoms with Crippen molar-refractivity contribution in [1.82, 2.24) is 15.0 Å². The second-order valence-electron chi connectivity index (χ2n) is 3.50. The Kier molecular flexibility index (Phi) is 3.01. The first-order chi connectivity index (χ1) is 7.66. The van der Waals surface area contributed by atoms with Crippen LogP contribution in [-0.4, -0.2) is 15.0 Å². The molecule has 0 aliphatic rings. The Hall–Kier alpha value is -1.68. The molecule has 2 rings (SSSR count). The lowest BCUT2D eigenvalue weighted by molar-refractivity contribution is 1.12. The van der Waals surface area contributed by atoms with Gasteiger partial charge in [-0.3, -0.25) is 0 Å². The van der Waals surface area contributed by atoms with Crippen molar-refractivity contribution in [1.29, 1.82) is 0 Å². The summed E-state index contributed by atoms with van der Waals surface area (Å²) in [6.07, 6.45) is 4.96. The standard InChI is InChI=1S/C11H11ClN4/c1-7-3-10(12)14-5-9(7)16-11-8(2)4-13-6-15-11/h3-6H,1-2H3,(H,13,15,16). The zero-order chi connectivity index (χ0) is 11.5. The van der Waals surface area contributed by atoms with E-state index < -0.39 is 0 Å². The van der Waals surface area contributed by atoms with Gasteiger partial charge in [0.1, 0.15) is 17.3 Å². The molecule has 0 atom stereocenters. The first-order valence-corrected chi connectivity index (χ1v) is 5.20. The van der Waals surface area contributed by atoms with Crippen molar-refractivity contribution in [2.24, 2.45) is 0 Å². The summed E-state index contributed by atoms with van der Waals surface area (Å²) in [4.78, 5) is 12.1. The Balaban J connectivity index is 2.31. The van der Waals surface area contributed by atoms with Crippen LogP contribution in [-0.2, 0) is 0 Å². The third kappa shape index (κ3) is 2.28. The molecule has 4 nitrogen and oxygen atoms in total. The molecule has 0 saturated carbocycles. The maximum Gasteiger partial charge on any atom is 0.136 e. The van der Waals surface area contributed by atoms with E-state index in [4.69, 9.17) is 11.6 Å². The Morgan fingerprint density at radius 2 is 1.94 bits per heavy atom. The summed E-state index contributed by atoms with van der Waals surface area (Å²) in [6.45, 7) is 3.91. The van der Waals surface area contributed by atoms with Crippen LogP contribution in [0.5, 0.6) is 0 Å². The van der Waals surface area contributed by atoms with Crippen LogP contribution in [0.15, 0.2) is 24.8 Å². The highest BCUT2D eigenvalue weighted by molar-refractivity contribution is 6.29. The molecule has 0 aliphatic carbocycles. The lowest BCUT2D eigenvalue weighted by Gasteiger charge is -2.09. The van der Waals surface area contributed by atoms with Crippen LogP contribution < -0.4 is 5.32 Å². The van der Waals surface area contributed by atoms with E-state index in [1.54, 1.807) is 18.5 Å². The lowest BCUT2D eigenvalue weighted by Crippen LogP contribution is -1.99. The molecule has 0 spiro atoms. The zero-order valence-electron chi connectivity index (χ0n) is 9.03. The highest BCUT2D eigenvalue weighted by Crippen LogP contribution is 2.21. The van der Waals surface area contributed by atoms with Gasteiger partial charge in [-0.1, -0.05) is 11.6 Å². The first kappa shape index (κ1) is 10.8. The summed E-state index contributed by atoms with van der Waals surface area (Å²) >= 11 is 5.79. The van der Waals surface area contributed by atoms with E-state index in [1.807, 2.05) is 13.8 Å². The van der Waals surface area contributed by atoms with Crippen molar-refractivity contribution in [3.05, 3.63) is 41.1 Å². The van der Waals surface area contributed by atoms with Gasteiger partial charge in [-0.2, -0.15) is 0 Å². The lowest BCUT2D eigenvalue weighted by atomic mass is 10.2. The molecule has 2 heterocycles. The first-order valence-electron chi connectivity index (χ1n) is 4.82. The van der Waals surface area contributed by atoms with Crippen molar-refractivity contribution in [2.75, 3.05) is 5.32 Å². The second kappa shape index (κ2) is 4.45. The van der Waals surface area contributed by atoms with E-state index in [0.29, 0.717) is 5.15 Å². The van der Waals surface area contributed by atoms with E-state index in [1.165, 1.54) is 6.33 Å². The number of pyridine rings is 1. The van der Waals surface area contributed by atoms with Gasteiger partial charge in [0.05, 0.1) is 11.9 Å². The average Bonchev–Trinajstić information content (AvgIpc) is 2.25. The van der Waals surface area contributed by atoms with Crippen molar-refractivity contribution in [3.8, 4) is 0 Å². The smallest absolute Gasteiger partial charge is 0.136 e. The van der Waals surface area contributed by atoms with E-state index in [-0.39, 0.29) is 0 Å². The highest BCUT2D eigenvalue weighted by Gasteiger charge is 2.03. The molecule has 1 N–H and O–H groups in total. The SMILES string of the molecule is Cc1cc(Cl)ncc1Nc1ncncc1C. The van der Waals surface area contributed by atoms with Crippen LogP contribution >= 0.6 is 11.6 Å². The van der Waals surface area contributed by atoms with Gasteiger partial charge in [0.2, 0.25) is 0 Å². The summed E-state index contributed by atoms with van der Waals surface area (Å²) in [6, 6.07) is 1.81. The fourth-order valence-corrected chi connectivity index (χ4v) is 1.52. The summed E-state index contributed by atoms with van der Waals surface area (Å²) in [5, 5.41) is 3.68. The molecule has 82 valence electrons. The molecule has 0 bridgehead atoms. The number of halogens is 1. The number of nitrogens with zero attached hydrogens (tertiary/aromatic N) is 3. The molecule has 0 radical (unpaired) electrons. The maximum atomic E-state index is 5.79. The predicted molar refractivity (Wildman–Crippen MR) is 64.0 cm³/mol. The zero-order valence-corrected chi connectivity index (χ0v) is 9.78. The van der Waals surface area contributed by atoms with Gasteiger partial charge in [-0.05, 0) is 25.5 Å². The van der Waals surface area contributed by atoms with Crippen molar-refractivity contribution in [3.63, 3.8) is 0 Å². The Morgan fingerprint density at radius 3 is 2.62 bits per heavy atom. The fourth-order valence-electron chi connectivity index (χ4n) is 1.31. The van der Waals surface area contributed by atoms with Crippen LogP contribution in [0.1, 0.15) is 11.1 Å². The quantitative estimate of drug-likeness (QED) is 0.812. The maximum absolute atomic E-state index is 5.79. The van der Waals surface area contributed by atoms with E-state index in [2.05, 4.69) is 20.3 Å². The summed E-state index contributed by atoms with van der Waals surface area (Å²) in [5.74, 6) is 0.780. The third-order valence-corrected chi connectivity index (χ3v) is 2.43. The van der Waals surface area contributed by atoms with Crippen molar-refractivity contribution < 1.29 is 0 Å². The molecule has 2 aromatic heterocycles. The molecule has 0 amide bonds. The molecule has 5 heteroatoms. The largest absolute Gasteiger partial charge is 0.338 e. The number of nitrogens with one attached hydrogen (secondary N) is 1. The summed E-state index contributed by atoms with van der Waals surface area (Å²) in [5.41, 5.74) is 2.90. The number of hydrogen-bond acceptors (Lipinski definition) is 4. The van der Waals surface area contributed by atoms with Gasteiger partial charge in [0.15, 0.2) is 0 Å². The molecule has 16 heavy (non-hydrogen) atoms. The second-order valence-corrected chi connectivity index (χ2v) is 3.89. The van der Waals surface area contributed by atoms with E-state index in [9.17, 15) is 0 Å². The molecular weight excluding hydrogens is 224 g/mol. The number of hydrogen-bond donors (Lipinski definition) is 1. The molecule has 0 aliphatic heterocycles. The average molecular weight is 235 g/mol. The Bertz CT molecular complexity index is 513. The number of rotatable bonds is 2. The highest BCUT2D eigenvalue weighted by atomic mass is 35.5. The molecule has 2 aromatic rings. The van der Waals surface area contributed by atoms with Gasteiger partial charge >= 0.3 is 0 Å². The number of aromatic nitrogens is 3. The van der Waals surface area contributed by atoms with Crippen LogP contribution in [0.4, 0.5) is 11.5 Å². The van der Waals surface area contributed by atoms with Gasteiger partial charge in [0.25, 0.3) is 0 Å². The van der Waals surface area contributed by atoms with E-state index in [0.717, 1.165) is 22.6 Å². The minimum absolute atomic E-state index is 0.488. The Morgan fingerprint density at radius 1 is 1.12 bits per heavy atom. The Labute approximate surface area is 98.7 Å². The van der Waals surface area contributed by atoms with Crippen molar-refractivity contribution in [2.45, 2.75) is 13.8 Å². The predicted octanol–water partition coefficient (Wildman–Crippen LogP) is 2.89. The van der Waals surface area contributed by atoms with Crippen LogP contribution in [0.2, 0.25) is 5.15 Å². The third-order valence-electron chi connectivity index (χ3n) is 2.23. The van der Waals surface area contributed by atoms with E-state index >= 15 is 0 Å². The van der Waals surface area contributed by atoms with Gasteiger partial charge in [0, 0.05) is 11.8 Å². The minimum atomic E-state index is 0.488. The molecule has 0 fully saturated rings. The molecule has 0 aromatic carbocycles. The molecular formula is C11H11ClN4. The number of anilines is 2. The summed E-state index contributed by atoms with van der Waals surface area (Å²) in [7, 11) is 0. The molecule has 0 unspecified atom stereocenters. The normalized spacial score (nSPS) is 10.2. The van der Waals surface area contributed by atoms with Gasteiger partial charge in [-0.15, -0.1) is 0 Å². The topological polar surface area (TPSA) is 50.7 Å². The van der Waals surface area contributed by atoms with Crippen molar-refractivity contribution >= 4 is 23.1 Å². The minimum Gasteiger partial charge on any atom is -0.338 e. The van der Waals surface area contributed by atoms with Gasteiger partial charge in [-0.25, -0.2) is 15.0 Å². The summed E-state index contributed by atoms with van der Waals surface area (Å²) < 4.78 is 0. The van der Waals surface area contributed by atoms with Gasteiger partial charge < -0.3 is 5.32 Å². The monoisotopic (exact) mass is 234 g/mol.